The number of aliphatic hydroxyl groups is 1. The van der Waals surface area contributed by atoms with Crippen LogP contribution in [0, 0.1) is 12.7 Å². The van der Waals surface area contributed by atoms with Crippen molar-refractivity contribution in [3.05, 3.63) is 86.9 Å². The zero-order chi connectivity index (χ0) is 26.2. The van der Waals surface area contributed by atoms with Gasteiger partial charge in [-0.1, -0.05) is 41.6 Å². The van der Waals surface area contributed by atoms with Crippen molar-refractivity contribution in [1.29, 1.82) is 0 Å². The number of aromatic nitrogens is 2. The van der Waals surface area contributed by atoms with Gasteiger partial charge in [0.15, 0.2) is 0 Å². The number of nitrogens with zero attached hydrogens (tertiary/aromatic N) is 2. The van der Waals surface area contributed by atoms with Gasteiger partial charge in [0.05, 0.1) is 5.02 Å². The van der Waals surface area contributed by atoms with E-state index >= 15 is 0 Å². The standard InChI is InChI=1S/C25H24ClFN4O4S/c1-14(24(33)30-13-16-12-29-15(2)31-23(16)28)21(10-11-32)36-25(34)22-18(27)7-5-9-20(22)35-19-8-4-3-6-17(19)26/h3-9,12,32H,10-11,13H2,1-2H3,(H,30,33)(H2,28,29,31)/b21-14-. The Kier molecular flexibility index (Phi) is 9.40. The fourth-order valence-electron chi connectivity index (χ4n) is 3.10. The van der Waals surface area contributed by atoms with Crippen molar-refractivity contribution in [3.63, 3.8) is 0 Å². The van der Waals surface area contributed by atoms with Crippen LogP contribution in [0.15, 0.2) is 59.1 Å². The van der Waals surface area contributed by atoms with E-state index in [1.54, 1.807) is 31.2 Å². The summed E-state index contributed by atoms with van der Waals surface area (Å²) < 4.78 is 20.5. The Balaban J connectivity index is 1.82. The Morgan fingerprint density at radius 3 is 2.61 bits per heavy atom. The number of aryl methyl sites for hydroxylation is 1. The second kappa shape index (κ2) is 12.5. The Morgan fingerprint density at radius 2 is 1.92 bits per heavy atom. The number of hydrogen-bond acceptors (Lipinski definition) is 8. The highest BCUT2D eigenvalue weighted by molar-refractivity contribution is 8.17. The van der Waals surface area contributed by atoms with Crippen molar-refractivity contribution in [1.82, 2.24) is 15.3 Å². The Labute approximate surface area is 216 Å². The van der Waals surface area contributed by atoms with Crippen LogP contribution < -0.4 is 15.8 Å². The normalized spacial score (nSPS) is 11.6. The lowest BCUT2D eigenvalue weighted by molar-refractivity contribution is -0.117. The van der Waals surface area contributed by atoms with Crippen LogP contribution in [0.2, 0.25) is 5.02 Å². The third-order valence-corrected chi connectivity index (χ3v) is 6.47. The van der Waals surface area contributed by atoms with Gasteiger partial charge in [0.2, 0.25) is 11.0 Å². The van der Waals surface area contributed by atoms with E-state index in [1.165, 1.54) is 25.3 Å². The summed E-state index contributed by atoms with van der Waals surface area (Å²) in [6.45, 7) is 2.95. The van der Waals surface area contributed by atoms with Gasteiger partial charge in [0.25, 0.3) is 0 Å². The number of nitrogen functional groups attached to an aromatic ring is 1. The molecular weight excluding hydrogens is 507 g/mol. The first-order valence-electron chi connectivity index (χ1n) is 10.8. The van der Waals surface area contributed by atoms with Crippen LogP contribution >= 0.6 is 23.4 Å². The number of nitrogens with one attached hydrogen (secondary N) is 1. The molecule has 0 saturated heterocycles. The summed E-state index contributed by atoms with van der Waals surface area (Å²) in [6.07, 6.45) is 1.53. The molecule has 36 heavy (non-hydrogen) atoms. The number of halogens is 2. The first kappa shape index (κ1) is 27.1. The van der Waals surface area contributed by atoms with Gasteiger partial charge < -0.3 is 20.9 Å². The molecule has 0 saturated carbocycles. The minimum Gasteiger partial charge on any atom is -0.455 e. The van der Waals surface area contributed by atoms with Crippen molar-refractivity contribution < 1.29 is 23.8 Å². The van der Waals surface area contributed by atoms with E-state index in [1.807, 2.05) is 0 Å². The third-order valence-electron chi connectivity index (χ3n) is 5.01. The number of anilines is 1. The summed E-state index contributed by atoms with van der Waals surface area (Å²) in [5.74, 6) is -0.303. The fourth-order valence-corrected chi connectivity index (χ4v) is 4.23. The predicted molar refractivity (Wildman–Crippen MR) is 137 cm³/mol. The molecule has 3 aromatic rings. The van der Waals surface area contributed by atoms with Gasteiger partial charge in [0.1, 0.15) is 34.5 Å². The van der Waals surface area contributed by atoms with Gasteiger partial charge in [-0.3, -0.25) is 9.59 Å². The van der Waals surface area contributed by atoms with Gasteiger partial charge in [-0.25, -0.2) is 14.4 Å². The van der Waals surface area contributed by atoms with E-state index in [4.69, 9.17) is 22.1 Å². The van der Waals surface area contributed by atoms with Crippen LogP contribution in [0.25, 0.3) is 0 Å². The van der Waals surface area contributed by atoms with Gasteiger partial charge in [-0.15, -0.1) is 0 Å². The topological polar surface area (TPSA) is 127 Å². The number of carbonyl (C=O) groups excluding carboxylic acids is 2. The van der Waals surface area contributed by atoms with Crippen LogP contribution in [-0.4, -0.2) is 32.7 Å². The van der Waals surface area contributed by atoms with E-state index in [-0.39, 0.29) is 52.9 Å². The highest BCUT2D eigenvalue weighted by Crippen LogP contribution is 2.36. The number of carbonyl (C=O) groups is 2. The zero-order valence-electron chi connectivity index (χ0n) is 19.5. The number of amides is 1. The summed E-state index contributed by atoms with van der Waals surface area (Å²) in [5, 5.41) is 11.8. The summed E-state index contributed by atoms with van der Waals surface area (Å²) >= 11 is 6.78. The van der Waals surface area contributed by atoms with Crippen molar-refractivity contribution >= 4 is 40.2 Å². The molecule has 1 heterocycles. The lowest BCUT2D eigenvalue weighted by Crippen LogP contribution is -2.25. The molecule has 8 nitrogen and oxygen atoms in total. The van der Waals surface area contributed by atoms with Gasteiger partial charge in [-0.2, -0.15) is 0 Å². The molecule has 188 valence electrons. The molecule has 0 spiro atoms. The molecule has 0 radical (unpaired) electrons. The lowest BCUT2D eigenvalue weighted by Gasteiger charge is -2.14. The smallest absolute Gasteiger partial charge is 0.247 e. The van der Waals surface area contributed by atoms with Gasteiger partial charge in [0, 0.05) is 41.8 Å². The Morgan fingerprint density at radius 1 is 1.19 bits per heavy atom. The number of nitrogens with two attached hydrogens (primary N) is 1. The average molecular weight is 531 g/mol. The predicted octanol–water partition coefficient (Wildman–Crippen LogP) is 4.80. The molecule has 1 amide bonds. The second-order valence-electron chi connectivity index (χ2n) is 7.57. The van der Waals surface area contributed by atoms with Crippen LogP contribution in [0.5, 0.6) is 11.5 Å². The molecule has 0 fully saturated rings. The van der Waals surface area contributed by atoms with Crippen LogP contribution in [-0.2, 0) is 11.3 Å². The van der Waals surface area contributed by atoms with Crippen LogP contribution in [0.4, 0.5) is 10.2 Å². The lowest BCUT2D eigenvalue weighted by atomic mass is 10.2. The minimum absolute atomic E-state index is 0.0145. The molecule has 11 heteroatoms. The zero-order valence-corrected chi connectivity index (χ0v) is 21.1. The quantitative estimate of drug-likeness (QED) is 0.337. The summed E-state index contributed by atoms with van der Waals surface area (Å²) in [7, 11) is 0. The average Bonchev–Trinajstić information content (AvgIpc) is 2.84. The number of hydrogen-bond donors (Lipinski definition) is 3. The molecule has 0 atom stereocenters. The van der Waals surface area contributed by atoms with Crippen molar-refractivity contribution in [2.45, 2.75) is 26.8 Å². The van der Waals surface area contributed by atoms with Crippen molar-refractivity contribution in [2.24, 2.45) is 0 Å². The minimum atomic E-state index is -0.794. The molecule has 2 aromatic carbocycles. The van der Waals surface area contributed by atoms with Crippen molar-refractivity contribution in [3.8, 4) is 11.5 Å². The molecule has 0 unspecified atom stereocenters. The second-order valence-corrected chi connectivity index (χ2v) is 9.04. The highest BCUT2D eigenvalue weighted by Gasteiger charge is 2.23. The van der Waals surface area contributed by atoms with E-state index in [2.05, 4.69) is 15.3 Å². The molecule has 0 bridgehead atoms. The monoisotopic (exact) mass is 530 g/mol. The number of rotatable bonds is 9. The maximum Gasteiger partial charge on any atom is 0.247 e. The molecule has 0 aliphatic rings. The fraction of sp³-hybridized carbons (Fsp3) is 0.200. The summed E-state index contributed by atoms with van der Waals surface area (Å²) in [6, 6.07) is 10.6. The van der Waals surface area contributed by atoms with Gasteiger partial charge in [-0.05, 0) is 38.1 Å². The van der Waals surface area contributed by atoms with Crippen LogP contribution in [0.3, 0.4) is 0 Å². The summed E-state index contributed by atoms with van der Waals surface area (Å²) in [5.41, 5.74) is 6.28. The molecular formula is C25H24ClFN4O4S. The molecule has 3 rings (SSSR count). The molecule has 0 aliphatic carbocycles. The van der Waals surface area contributed by atoms with E-state index in [9.17, 15) is 19.1 Å². The number of aliphatic hydroxyl groups excluding tert-OH is 1. The number of benzene rings is 2. The Bertz CT molecular complexity index is 1320. The molecule has 0 aliphatic heterocycles. The van der Waals surface area contributed by atoms with E-state index < -0.39 is 16.8 Å². The maximum absolute atomic E-state index is 14.8. The largest absolute Gasteiger partial charge is 0.455 e. The Hall–Kier alpha value is -3.47. The SMILES string of the molecule is C/C(C(=O)NCc1cnc(C)nc1N)=C(\CCO)SC(=O)c1c(F)cccc1Oc1ccccc1Cl. The maximum atomic E-state index is 14.8. The molecule has 1 aromatic heterocycles. The van der Waals surface area contributed by atoms with Crippen molar-refractivity contribution in [2.75, 3.05) is 12.3 Å². The first-order chi connectivity index (χ1) is 17.2. The van der Waals surface area contributed by atoms with Crippen LogP contribution in [0.1, 0.15) is 35.1 Å². The number of para-hydroxylation sites is 1. The molecule has 4 N–H and O–H groups in total. The van der Waals surface area contributed by atoms with E-state index in [0.29, 0.717) is 28.2 Å². The number of thioether (sulfide) groups is 1. The summed E-state index contributed by atoms with van der Waals surface area (Å²) in [4.78, 5) is 34.3. The third kappa shape index (κ3) is 6.81. The first-order valence-corrected chi connectivity index (χ1v) is 12.0. The van der Waals surface area contributed by atoms with E-state index in [0.717, 1.165) is 6.07 Å². The number of ether oxygens (including phenoxy) is 1. The highest BCUT2D eigenvalue weighted by atomic mass is 35.5. The van der Waals surface area contributed by atoms with Gasteiger partial charge >= 0.3 is 0 Å².